The van der Waals surface area contributed by atoms with Crippen LogP contribution in [0.2, 0.25) is 0 Å². The molecule has 0 saturated heterocycles. The van der Waals surface area contributed by atoms with Crippen molar-refractivity contribution < 1.29 is 9.84 Å². The standard InChI is InChI=1S/C8H16O2/c1-3-10-8(2)6-4-5-7-9/h4,6,8-9H,3,5,7H2,1-2H3/b6-4+. The Balaban J connectivity index is 3.26. The molecule has 1 atom stereocenters. The smallest absolute Gasteiger partial charge is 0.0727 e. The molecule has 60 valence electrons. The van der Waals surface area contributed by atoms with E-state index in [4.69, 9.17) is 9.84 Å². The van der Waals surface area contributed by atoms with Crippen molar-refractivity contribution in [3.8, 4) is 0 Å². The molecule has 1 unspecified atom stereocenters. The molecule has 0 bridgehead atoms. The summed E-state index contributed by atoms with van der Waals surface area (Å²) < 4.78 is 5.22. The third kappa shape index (κ3) is 5.79. The lowest BCUT2D eigenvalue weighted by molar-refractivity contribution is 0.109. The van der Waals surface area contributed by atoms with Gasteiger partial charge in [-0.25, -0.2) is 0 Å². The number of aliphatic hydroxyl groups excluding tert-OH is 1. The van der Waals surface area contributed by atoms with Crippen LogP contribution >= 0.6 is 0 Å². The molecular formula is C8H16O2. The molecular weight excluding hydrogens is 128 g/mol. The Morgan fingerprint density at radius 1 is 1.60 bits per heavy atom. The maximum atomic E-state index is 8.42. The third-order valence-electron chi connectivity index (χ3n) is 1.13. The number of hydrogen-bond donors (Lipinski definition) is 1. The molecule has 0 saturated carbocycles. The first kappa shape index (κ1) is 9.66. The van der Waals surface area contributed by atoms with Crippen molar-refractivity contribution in [2.75, 3.05) is 13.2 Å². The summed E-state index contributed by atoms with van der Waals surface area (Å²) in [5.41, 5.74) is 0. The zero-order valence-corrected chi connectivity index (χ0v) is 6.71. The highest BCUT2D eigenvalue weighted by Crippen LogP contribution is 1.93. The van der Waals surface area contributed by atoms with Crippen LogP contribution in [-0.4, -0.2) is 24.4 Å². The van der Waals surface area contributed by atoms with Gasteiger partial charge in [-0.1, -0.05) is 12.2 Å². The largest absolute Gasteiger partial charge is 0.396 e. The first-order chi connectivity index (χ1) is 4.81. The van der Waals surface area contributed by atoms with E-state index in [2.05, 4.69) is 0 Å². The Labute approximate surface area is 62.5 Å². The minimum absolute atomic E-state index is 0.177. The van der Waals surface area contributed by atoms with Gasteiger partial charge in [0.25, 0.3) is 0 Å². The molecule has 0 rings (SSSR count). The summed E-state index contributed by atoms with van der Waals surface area (Å²) in [6.45, 7) is 4.91. The van der Waals surface area contributed by atoms with Crippen molar-refractivity contribution in [2.24, 2.45) is 0 Å². The van der Waals surface area contributed by atoms with Gasteiger partial charge in [-0.2, -0.15) is 0 Å². The topological polar surface area (TPSA) is 29.5 Å². The van der Waals surface area contributed by atoms with Gasteiger partial charge in [0.15, 0.2) is 0 Å². The van der Waals surface area contributed by atoms with E-state index < -0.39 is 0 Å². The second kappa shape index (κ2) is 6.78. The van der Waals surface area contributed by atoms with Crippen LogP contribution in [0.15, 0.2) is 12.2 Å². The first-order valence-corrected chi connectivity index (χ1v) is 3.70. The minimum Gasteiger partial charge on any atom is -0.396 e. The summed E-state index contributed by atoms with van der Waals surface area (Å²) in [5.74, 6) is 0. The van der Waals surface area contributed by atoms with E-state index in [-0.39, 0.29) is 12.7 Å². The maximum Gasteiger partial charge on any atom is 0.0727 e. The predicted octanol–water partition coefficient (Wildman–Crippen LogP) is 1.35. The lowest BCUT2D eigenvalue weighted by Gasteiger charge is -2.04. The van der Waals surface area contributed by atoms with Crippen LogP contribution < -0.4 is 0 Å². The van der Waals surface area contributed by atoms with Gasteiger partial charge in [-0.05, 0) is 20.3 Å². The summed E-state index contributed by atoms with van der Waals surface area (Å²) in [5, 5.41) is 8.42. The van der Waals surface area contributed by atoms with Crippen LogP contribution in [0, 0.1) is 0 Å². The molecule has 0 aromatic carbocycles. The SMILES string of the molecule is CCOC(C)/C=C/CCO. The van der Waals surface area contributed by atoms with E-state index in [9.17, 15) is 0 Å². The summed E-state index contributed by atoms with van der Waals surface area (Å²) in [4.78, 5) is 0. The van der Waals surface area contributed by atoms with Crippen molar-refractivity contribution in [1.29, 1.82) is 0 Å². The molecule has 1 N–H and O–H groups in total. The summed E-state index contributed by atoms with van der Waals surface area (Å²) in [6, 6.07) is 0. The summed E-state index contributed by atoms with van der Waals surface area (Å²) in [7, 11) is 0. The fraction of sp³-hybridized carbons (Fsp3) is 0.750. The van der Waals surface area contributed by atoms with Gasteiger partial charge in [-0.3, -0.25) is 0 Å². The van der Waals surface area contributed by atoms with Crippen molar-refractivity contribution in [2.45, 2.75) is 26.4 Å². The molecule has 2 heteroatoms. The molecule has 0 heterocycles. The van der Waals surface area contributed by atoms with Gasteiger partial charge in [0.2, 0.25) is 0 Å². The third-order valence-corrected chi connectivity index (χ3v) is 1.13. The molecule has 0 aliphatic carbocycles. The van der Waals surface area contributed by atoms with E-state index in [1.165, 1.54) is 0 Å². The zero-order valence-electron chi connectivity index (χ0n) is 6.71. The van der Waals surface area contributed by atoms with E-state index in [1.807, 2.05) is 26.0 Å². The monoisotopic (exact) mass is 144 g/mol. The molecule has 0 aliphatic heterocycles. The van der Waals surface area contributed by atoms with E-state index in [0.717, 1.165) is 13.0 Å². The second-order valence-corrected chi connectivity index (χ2v) is 2.10. The summed E-state index contributed by atoms with van der Waals surface area (Å²) >= 11 is 0. The highest BCUT2D eigenvalue weighted by Gasteiger charge is 1.90. The van der Waals surface area contributed by atoms with Gasteiger partial charge < -0.3 is 9.84 Å². The van der Waals surface area contributed by atoms with Gasteiger partial charge >= 0.3 is 0 Å². The summed E-state index contributed by atoms with van der Waals surface area (Å²) in [6.07, 6.45) is 4.79. The molecule has 10 heavy (non-hydrogen) atoms. The lowest BCUT2D eigenvalue weighted by Crippen LogP contribution is -2.03. The molecule has 0 fully saturated rings. The Morgan fingerprint density at radius 2 is 2.30 bits per heavy atom. The first-order valence-electron chi connectivity index (χ1n) is 3.70. The predicted molar refractivity (Wildman–Crippen MR) is 41.9 cm³/mol. The molecule has 0 aliphatic rings. The highest BCUT2D eigenvalue weighted by molar-refractivity contribution is 4.86. The molecule has 0 radical (unpaired) electrons. The van der Waals surface area contributed by atoms with Gasteiger partial charge in [-0.15, -0.1) is 0 Å². The normalized spacial score (nSPS) is 14.3. The van der Waals surface area contributed by atoms with Crippen molar-refractivity contribution in [3.05, 3.63) is 12.2 Å². The number of hydrogen-bond acceptors (Lipinski definition) is 2. The van der Waals surface area contributed by atoms with E-state index in [1.54, 1.807) is 0 Å². The van der Waals surface area contributed by atoms with E-state index >= 15 is 0 Å². The Morgan fingerprint density at radius 3 is 2.80 bits per heavy atom. The van der Waals surface area contributed by atoms with Gasteiger partial charge in [0, 0.05) is 13.2 Å². The van der Waals surface area contributed by atoms with Crippen molar-refractivity contribution >= 4 is 0 Å². The Kier molecular flexibility index (Phi) is 6.55. The van der Waals surface area contributed by atoms with Gasteiger partial charge in [0.1, 0.15) is 0 Å². The average Bonchev–Trinajstić information content (AvgIpc) is 1.89. The van der Waals surface area contributed by atoms with Crippen LogP contribution in [-0.2, 0) is 4.74 Å². The van der Waals surface area contributed by atoms with Crippen molar-refractivity contribution in [1.82, 2.24) is 0 Å². The molecule has 2 nitrogen and oxygen atoms in total. The highest BCUT2D eigenvalue weighted by atomic mass is 16.5. The molecule has 0 aromatic rings. The van der Waals surface area contributed by atoms with Crippen LogP contribution in [0.5, 0.6) is 0 Å². The van der Waals surface area contributed by atoms with Gasteiger partial charge in [0.05, 0.1) is 6.10 Å². The number of ether oxygens (including phenoxy) is 1. The maximum absolute atomic E-state index is 8.42. The Hall–Kier alpha value is -0.340. The minimum atomic E-state index is 0.177. The fourth-order valence-corrected chi connectivity index (χ4v) is 0.681. The zero-order chi connectivity index (χ0) is 7.82. The molecule has 0 spiro atoms. The quantitative estimate of drug-likeness (QED) is 0.590. The van der Waals surface area contributed by atoms with Crippen LogP contribution in [0.1, 0.15) is 20.3 Å². The molecule has 0 aromatic heterocycles. The van der Waals surface area contributed by atoms with Crippen molar-refractivity contribution in [3.63, 3.8) is 0 Å². The fourth-order valence-electron chi connectivity index (χ4n) is 0.681. The number of aliphatic hydroxyl groups is 1. The second-order valence-electron chi connectivity index (χ2n) is 2.10. The van der Waals surface area contributed by atoms with E-state index in [0.29, 0.717) is 0 Å². The van der Waals surface area contributed by atoms with Crippen LogP contribution in [0.3, 0.4) is 0 Å². The number of rotatable bonds is 5. The average molecular weight is 144 g/mol. The lowest BCUT2D eigenvalue weighted by atomic mass is 10.3. The molecule has 0 amide bonds. The Bertz CT molecular complexity index is 89.3. The van der Waals surface area contributed by atoms with Crippen LogP contribution in [0.25, 0.3) is 0 Å². The van der Waals surface area contributed by atoms with Crippen LogP contribution in [0.4, 0.5) is 0 Å².